The van der Waals surface area contributed by atoms with E-state index in [2.05, 4.69) is 25.9 Å². The standard InChI is InChI=1S/C17H20ClN5O3/c1-11-7-21-16(9-20-11)23-17(24)22-14-6-12(18)2-3-15(14)26-10-13-8-19-4-5-25-13/h2-3,6-7,9,13,19H,4-5,8,10H2,1H3,(H2,21,22,23,24)/t13-/m1/s1. The molecule has 2 amide bonds. The maximum absolute atomic E-state index is 12.2. The first-order valence-electron chi connectivity index (χ1n) is 8.21. The van der Waals surface area contributed by atoms with Crippen molar-refractivity contribution in [1.29, 1.82) is 0 Å². The fraction of sp³-hybridized carbons (Fsp3) is 0.353. The molecule has 1 fully saturated rings. The average Bonchev–Trinajstić information content (AvgIpc) is 2.64. The molecule has 1 aromatic heterocycles. The van der Waals surface area contributed by atoms with Crippen LogP contribution in [0.4, 0.5) is 16.3 Å². The predicted octanol–water partition coefficient (Wildman–Crippen LogP) is 2.45. The van der Waals surface area contributed by atoms with Crippen LogP contribution in [0.15, 0.2) is 30.6 Å². The van der Waals surface area contributed by atoms with Gasteiger partial charge in [-0.15, -0.1) is 0 Å². The first-order valence-corrected chi connectivity index (χ1v) is 8.59. The minimum absolute atomic E-state index is 0.0380. The molecule has 0 spiro atoms. The van der Waals surface area contributed by atoms with Crippen molar-refractivity contribution in [1.82, 2.24) is 15.3 Å². The molecule has 26 heavy (non-hydrogen) atoms. The number of nitrogens with zero attached hydrogens (tertiary/aromatic N) is 2. The van der Waals surface area contributed by atoms with E-state index in [0.29, 0.717) is 35.5 Å². The number of aromatic nitrogens is 2. The van der Waals surface area contributed by atoms with Crippen LogP contribution in [0.2, 0.25) is 5.02 Å². The van der Waals surface area contributed by atoms with E-state index >= 15 is 0 Å². The summed E-state index contributed by atoms with van der Waals surface area (Å²) in [6.07, 6.45) is 3.02. The summed E-state index contributed by atoms with van der Waals surface area (Å²) in [7, 11) is 0. The molecule has 1 saturated heterocycles. The van der Waals surface area contributed by atoms with E-state index in [-0.39, 0.29) is 6.10 Å². The molecule has 3 N–H and O–H groups in total. The lowest BCUT2D eigenvalue weighted by Crippen LogP contribution is -2.41. The summed E-state index contributed by atoms with van der Waals surface area (Å²) in [5, 5.41) is 9.06. The van der Waals surface area contributed by atoms with Crippen LogP contribution < -0.4 is 20.7 Å². The Hall–Kier alpha value is -2.42. The van der Waals surface area contributed by atoms with Crippen LogP contribution in [-0.2, 0) is 4.74 Å². The molecular formula is C17H20ClN5O3. The van der Waals surface area contributed by atoms with Gasteiger partial charge in [0.25, 0.3) is 0 Å². The van der Waals surface area contributed by atoms with Crippen molar-refractivity contribution in [3.8, 4) is 5.75 Å². The molecule has 1 aromatic carbocycles. The molecule has 1 aliphatic rings. The smallest absolute Gasteiger partial charge is 0.325 e. The van der Waals surface area contributed by atoms with Crippen LogP contribution in [-0.4, -0.2) is 48.4 Å². The van der Waals surface area contributed by atoms with Crippen molar-refractivity contribution < 1.29 is 14.3 Å². The molecule has 1 atom stereocenters. The summed E-state index contributed by atoms with van der Waals surface area (Å²) in [4.78, 5) is 20.4. The number of aryl methyl sites for hydroxylation is 1. The van der Waals surface area contributed by atoms with Crippen LogP contribution in [0.25, 0.3) is 0 Å². The summed E-state index contributed by atoms with van der Waals surface area (Å²) >= 11 is 6.04. The summed E-state index contributed by atoms with van der Waals surface area (Å²) in [6, 6.07) is 4.56. The number of carbonyl (C=O) groups excluding carboxylic acids is 1. The largest absolute Gasteiger partial charge is 0.489 e. The molecule has 0 unspecified atom stereocenters. The summed E-state index contributed by atoms with van der Waals surface area (Å²) in [5.74, 6) is 0.855. The fourth-order valence-electron chi connectivity index (χ4n) is 2.36. The van der Waals surface area contributed by atoms with Gasteiger partial charge in [0.1, 0.15) is 18.5 Å². The molecule has 0 bridgehead atoms. The number of carbonyl (C=O) groups is 1. The number of anilines is 2. The van der Waals surface area contributed by atoms with E-state index in [1.165, 1.54) is 6.20 Å². The number of urea groups is 1. The lowest BCUT2D eigenvalue weighted by atomic mass is 10.3. The number of hydrogen-bond acceptors (Lipinski definition) is 6. The first kappa shape index (κ1) is 18.4. The summed E-state index contributed by atoms with van der Waals surface area (Å²) in [6.45, 7) is 4.40. The lowest BCUT2D eigenvalue weighted by Gasteiger charge is -2.24. The van der Waals surface area contributed by atoms with E-state index in [9.17, 15) is 4.79 Å². The molecular weight excluding hydrogens is 358 g/mol. The van der Waals surface area contributed by atoms with Crippen LogP contribution >= 0.6 is 11.6 Å². The third kappa shape index (κ3) is 5.29. The number of ether oxygens (including phenoxy) is 2. The zero-order chi connectivity index (χ0) is 18.4. The summed E-state index contributed by atoms with van der Waals surface area (Å²) in [5.41, 5.74) is 1.22. The Morgan fingerprint density at radius 2 is 2.27 bits per heavy atom. The number of halogens is 1. The van der Waals surface area contributed by atoms with Crippen LogP contribution in [0.3, 0.4) is 0 Å². The van der Waals surface area contributed by atoms with Gasteiger partial charge >= 0.3 is 6.03 Å². The van der Waals surface area contributed by atoms with Gasteiger partial charge in [-0.3, -0.25) is 10.3 Å². The monoisotopic (exact) mass is 377 g/mol. The van der Waals surface area contributed by atoms with Crippen molar-refractivity contribution in [2.45, 2.75) is 13.0 Å². The van der Waals surface area contributed by atoms with Crippen LogP contribution in [0, 0.1) is 6.92 Å². The van der Waals surface area contributed by atoms with Gasteiger partial charge < -0.3 is 20.1 Å². The number of morpholine rings is 1. The van der Waals surface area contributed by atoms with E-state index in [4.69, 9.17) is 21.1 Å². The van der Waals surface area contributed by atoms with Crippen molar-refractivity contribution in [3.05, 3.63) is 41.3 Å². The second-order valence-electron chi connectivity index (χ2n) is 5.77. The highest BCUT2D eigenvalue weighted by atomic mass is 35.5. The van der Waals surface area contributed by atoms with Crippen molar-refractivity contribution >= 4 is 29.1 Å². The van der Waals surface area contributed by atoms with Gasteiger partial charge in [0.05, 0.1) is 30.4 Å². The second kappa shape index (κ2) is 8.79. The van der Waals surface area contributed by atoms with Crippen molar-refractivity contribution in [2.24, 2.45) is 0 Å². The Kier molecular flexibility index (Phi) is 6.21. The number of amides is 2. The van der Waals surface area contributed by atoms with Gasteiger partial charge in [-0.2, -0.15) is 0 Å². The predicted molar refractivity (Wildman–Crippen MR) is 99.0 cm³/mol. The van der Waals surface area contributed by atoms with Crippen molar-refractivity contribution in [3.63, 3.8) is 0 Å². The number of rotatable bonds is 5. The van der Waals surface area contributed by atoms with E-state index in [0.717, 1.165) is 18.8 Å². The highest BCUT2D eigenvalue weighted by Gasteiger charge is 2.16. The summed E-state index contributed by atoms with van der Waals surface area (Å²) < 4.78 is 11.4. The van der Waals surface area contributed by atoms with Gasteiger partial charge in [-0.05, 0) is 25.1 Å². The maximum atomic E-state index is 12.2. The molecule has 9 heteroatoms. The van der Waals surface area contributed by atoms with E-state index < -0.39 is 6.03 Å². The average molecular weight is 378 g/mol. The third-order valence-electron chi connectivity index (χ3n) is 3.64. The topological polar surface area (TPSA) is 97.4 Å². The molecule has 1 aliphatic heterocycles. The Bertz CT molecular complexity index is 751. The molecule has 3 rings (SSSR count). The Morgan fingerprint density at radius 3 is 3.00 bits per heavy atom. The minimum atomic E-state index is -0.467. The third-order valence-corrected chi connectivity index (χ3v) is 3.88. The maximum Gasteiger partial charge on any atom is 0.325 e. The van der Waals surface area contributed by atoms with Gasteiger partial charge in [0.2, 0.25) is 0 Å². The Balaban J connectivity index is 1.62. The molecule has 8 nitrogen and oxygen atoms in total. The fourth-order valence-corrected chi connectivity index (χ4v) is 2.53. The number of benzene rings is 1. The SMILES string of the molecule is Cc1cnc(NC(=O)Nc2cc(Cl)ccc2OC[C@H]2CNCCO2)cn1. The van der Waals surface area contributed by atoms with E-state index in [1.807, 2.05) is 6.92 Å². The first-order chi connectivity index (χ1) is 12.6. The molecule has 2 heterocycles. The van der Waals surface area contributed by atoms with Gasteiger partial charge in [0, 0.05) is 18.1 Å². The van der Waals surface area contributed by atoms with Gasteiger partial charge in [-0.25, -0.2) is 9.78 Å². The number of nitrogens with one attached hydrogen (secondary N) is 3. The lowest BCUT2D eigenvalue weighted by molar-refractivity contribution is 0.000352. The number of hydrogen-bond donors (Lipinski definition) is 3. The highest BCUT2D eigenvalue weighted by molar-refractivity contribution is 6.31. The molecule has 2 aromatic rings. The molecule has 138 valence electrons. The quantitative estimate of drug-likeness (QED) is 0.740. The Morgan fingerprint density at radius 1 is 1.38 bits per heavy atom. The zero-order valence-electron chi connectivity index (χ0n) is 14.3. The van der Waals surface area contributed by atoms with Gasteiger partial charge in [-0.1, -0.05) is 11.6 Å². The minimum Gasteiger partial charge on any atom is -0.489 e. The normalized spacial score (nSPS) is 16.8. The molecule has 0 radical (unpaired) electrons. The zero-order valence-corrected chi connectivity index (χ0v) is 15.0. The molecule has 0 saturated carbocycles. The second-order valence-corrected chi connectivity index (χ2v) is 6.21. The van der Waals surface area contributed by atoms with E-state index in [1.54, 1.807) is 24.4 Å². The molecule has 0 aliphatic carbocycles. The highest BCUT2D eigenvalue weighted by Crippen LogP contribution is 2.28. The van der Waals surface area contributed by atoms with Crippen LogP contribution in [0.5, 0.6) is 5.75 Å². The van der Waals surface area contributed by atoms with Crippen molar-refractivity contribution in [2.75, 3.05) is 36.9 Å². The van der Waals surface area contributed by atoms with Crippen LogP contribution in [0.1, 0.15) is 5.69 Å². The Labute approximate surface area is 156 Å². The van der Waals surface area contributed by atoms with Gasteiger partial charge in [0.15, 0.2) is 5.82 Å².